The molecule has 4 aromatic rings. The van der Waals surface area contributed by atoms with Gasteiger partial charge in [-0.2, -0.15) is 5.23 Å². The molecule has 0 aliphatic carbocycles. The summed E-state index contributed by atoms with van der Waals surface area (Å²) in [6.45, 7) is 1.93. The summed E-state index contributed by atoms with van der Waals surface area (Å²) < 4.78 is 0. The minimum atomic E-state index is -0.917. The Morgan fingerprint density at radius 2 is 1.77 bits per heavy atom. The zero-order chi connectivity index (χ0) is 18.3. The molecule has 1 aromatic heterocycles. The highest BCUT2D eigenvalue weighted by atomic mass is 35.5. The molecule has 4 nitrogen and oxygen atoms in total. The van der Waals surface area contributed by atoms with Crippen molar-refractivity contribution in [3.05, 3.63) is 76.5 Å². The van der Waals surface area contributed by atoms with Gasteiger partial charge in [0, 0.05) is 37.7 Å². The number of benzene rings is 3. The molecule has 0 saturated heterocycles. The van der Waals surface area contributed by atoms with Gasteiger partial charge in [-0.25, -0.2) is 10.2 Å². The molecule has 1 atom stereocenters. The molecule has 2 N–H and O–H groups in total. The molecule has 0 bridgehead atoms. The third kappa shape index (κ3) is 3.16. The zero-order valence-corrected chi connectivity index (χ0v) is 15.4. The van der Waals surface area contributed by atoms with Crippen LogP contribution in [0.2, 0.25) is 5.02 Å². The fourth-order valence-corrected chi connectivity index (χ4v) is 4.25. The first-order valence-corrected chi connectivity index (χ1v) is 9.22. The van der Waals surface area contributed by atoms with E-state index in [2.05, 4.69) is 6.07 Å². The van der Waals surface area contributed by atoms with Gasteiger partial charge < -0.3 is 5.21 Å². The van der Waals surface area contributed by atoms with E-state index in [-0.39, 0.29) is 0 Å². The number of para-hydroxylation sites is 1. The first-order chi connectivity index (χ1) is 12.5. The van der Waals surface area contributed by atoms with Crippen molar-refractivity contribution in [1.82, 2.24) is 4.98 Å². The highest BCUT2D eigenvalue weighted by Gasteiger charge is 2.13. The van der Waals surface area contributed by atoms with E-state index < -0.39 is 5.23 Å². The van der Waals surface area contributed by atoms with Gasteiger partial charge in [-0.3, -0.25) is 0 Å². The maximum Gasteiger partial charge on any atom is 0.164 e. The van der Waals surface area contributed by atoms with Gasteiger partial charge in [-0.05, 0) is 36.8 Å². The number of aryl methyl sites for hydroxylation is 1. The van der Waals surface area contributed by atoms with Crippen LogP contribution in [0.4, 0.5) is 5.69 Å². The largest absolute Gasteiger partial charge is 0.595 e. The van der Waals surface area contributed by atoms with Gasteiger partial charge in [0.25, 0.3) is 0 Å². The van der Waals surface area contributed by atoms with Crippen molar-refractivity contribution in [2.75, 3.05) is 0 Å². The van der Waals surface area contributed by atoms with Crippen molar-refractivity contribution in [2.24, 2.45) is 0 Å². The molecular formula is C20H15ClN2O2S. The van der Waals surface area contributed by atoms with Crippen molar-refractivity contribution in [1.29, 1.82) is 0 Å². The maximum absolute atomic E-state index is 11.2. The monoisotopic (exact) mass is 382 g/mol. The van der Waals surface area contributed by atoms with E-state index in [0.717, 1.165) is 37.2 Å². The molecule has 0 aliphatic heterocycles. The Bertz CT molecular complexity index is 1130. The second-order valence-corrected chi connectivity index (χ2v) is 7.50. The maximum atomic E-state index is 11.2. The summed E-state index contributed by atoms with van der Waals surface area (Å²) in [5.41, 5.74) is 2.98. The summed E-state index contributed by atoms with van der Waals surface area (Å²) in [5.74, 6) is 0. The molecule has 26 heavy (non-hydrogen) atoms. The highest BCUT2D eigenvalue weighted by Crippen LogP contribution is 2.40. The van der Waals surface area contributed by atoms with Gasteiger partial charge in [0.15, 0.2) is 5.69 Å². The number of halogens is 1. The number of nitrogens with one attached hydrogen (secondary N) is 1. The summed E-state index contributed by atoms with van der Waals surface area (Å²) >= 11 is 7.78. The van der Waals surface area contributed by atoms with E-state index >= 15 is 0 Å². The molecule has 130 valence electrons. The van der Waals surface area contributed by atoms with Crippen LogP contribution >= 0.6 is 23.4 Å². The van der Waals surface area contributed by atoms with E-state index in [1.807, 2.05) is 49.4 Å². The Hall–Kier alpha value is -2.15. The van der Waals surface area contributed by atoms with Gasteiger partial charge in [0.1, 0.15) is 0 Å². The Morgan fingerprint density at radius 3 is 2.54 bits per heavy atom. The second kappa shape index (κ2) is 6.87. The number of hydrogen-bond acceptors (Lipinski definition) is 4. The SMILES string of the molecule is Cc1cc([NH+]([O-])O)ccc1Sc1c2ccccc2nc2cc(Cl)ccc12. The third-order valence-electron chi connectivity index (χ3n) is 4.23. The summed E-state index contributed by atoms with van der Waals surface area (Å²) in [4.78, 5) is 6.83. The number of quaternary nitrogens is 1. The molecule has 0 spiro atoms. The fraction of sp³-hybridized carbons (Fsp3) is 0.0500. The smallest absolute Gasteiger partial charge is 0.164 e. The molecule has 1 heterocycles. The van der Waals surface area contributed by atoms with E-state index in [0.29, 0.717) is 10.7 Å². The lowest BCUT2D eigenvalue weighted by molar-refractivity contribution is -0.991. The third-order valence-corrected chi connectivity index (χ3v) is 5.78. The van der Waals surface area contributed by atoms with E-state index in [1.54, 1.807) is 23.9 Å². The molecule has 0 amide bonds. The minimum Gasteiger partial charge on any atom is -0.595 e. The van der Waals surface area contributed by atoms with E-state index in [9.17, 15) is 10.4 Å². The number of hydrogen-bond donors (Lipinski definition) is 2. The van der Waals surface area contributed by atoms with Crippen molar-refractivity contribution in [2.45, 2.75) is 16.7 Å². The van der Waals surface area contributed by atoms with Crippen LogP contribution in [0.1, 0.15) is 5.56 Å². The molecule has 0 aliphatic rings. The molecule has 1 unspecified atom stereocenters. The molecule has 6 heteroatoms. The predicted molar refractivity (Wildman–Crippen MR) is 105 cm³/mol. The van der Waals surface area contributed by atoms with Crippen LogP contribution in [-0.4, -0.2) is 10.2 Å². The first-order valence-electron chi connectivity index (χ1n) is 8.03. The Labute approximate surface area is 159 Å². The second-order valence-electron chi connectivity index (χ2n) is 6.01. The molecule has 0 fully saturated rings. The molecule has 0 saturated carbocycles. The summed E-state index contributed by atoms with van der Waals surface area (Å²) in [6.07, 6.45) is 0. The summed E-state index contributed by atoms with van der Waals surface area (Å²) in [6, 6.07) is 18.9. The van der Waals surface area contributed by atoms with Crippen LogP contribution in [-0.2, 0) is 0 Å². The minimum absolute atomic E-state index is 0.295. The number of fused-ring (bicyclic) bond motifs is 2. The molecule has 4 rings (SSSR count). The molecular weight excluding hydrogens is 368 g/mol. The van der Waals surface area contributed by atoms with E-state index in [4.69, 9.17) is 16.6 Å². The van der Waals surface area contributed by atoms with Crippen molar-refractivity contribution < 1.29 is 10.4 Å². The highest BCUT2D eigenvalue weighted by molar-refractivity contribution is 7.99. The van der Waals surface area contributed by atoms with Crippen LogP contribution in [0.5, 0.6) is 0 Å². The first kappa shape index (κ1) is 17.3. The van der Waals surface area contributed by atoms with Crippen LogP contribution < -0.4 is 5.23 Å². The zero-order valence-electron chi connectivity index (χ0n) is 13.9. The number of pyridine rings is 1. The number of nitrogens with zero attached hydrogens (tertiary/aromatic N) is 1. The van der Waals surface area contributed by atoms with Crippen molar-refractivity contribution >= 4 is 50.9 Å². The summed E-state index contributed by atoms with van der Waals surface area (Å²) in [5, 5.41) is 22.2. The predicted octanol–water partition coefficient (Wildman–Crippen LogP) is 4.90. The van der Waals surface area contributed by atoms with Crippen molar-refractivity contribution in [3.63, 3.8) is 0 Å². The summed E-state index contributed by atoms with van der Waals surface area (Å²) in [7, 11) is 0. The lowest BCUT2D eigenvalue weighted by atomic mass is 10.1. The number of aromatic nitrogens is 1. The topological polar surface area (TPSA) is 60.6 Å². The van der Waals surface area contributed by atoms with E-state index in [1.165, 1.54) is 0 Å². The van der Waals surface area contributed by atoms with Gasteiger partial charge in [-0.15, -0.1) is 0 Å². The van der Waals surface area contributed by atoms with Crippen LogP contribution in [0.25, 0.3) is 21.8 Å². The van der Waals surface area contributed by atoms with Gasteiger partial charge in [0.2, 0.25) is 0 Å². The molecule has 0 radical (unpaired) electrons. The lowest BCUT2D eigenvalue weighted by Crippen LogP contribution is -2.99. The van der Waals surface area contributed by atoms with Gasteiger partial charge in [-0.1, -0.05) is 47.6 Å². The van der Waals surface area contributed by atoms with Crippen LogP contribution in [0, 0.1) is 12.1 Å². The van der Waals surface area contributed by atoms with Crippen molar-refractivity contribution in [3.8, 4) is 0 Å². The average molecular weight is 383 g/mol. The molecule has 3 aromatic carbocycles. The Balaban J connectivity index is 1.92. The van der Waals surface area contributed by atoms with Gasteiger partial charge >= 0.3 is 0 Å². The lowest BCUT2D eigenvalue weighted by Gasteiger charge is -2.15. The quantitative estimate of drug-likeness (QED) is 0.390. The Morgan fingerprint density at radius 1 is 1.00 bits per heavy atom. The van der Waals surface area contributed by atoms with Crippen LogP contribution in [0.3, 0.4) is 0 Å². The average Bonchev–Trinajstić information content (AvgIpc) is 2.62. The fourth-order valence-electron chi connectivity index (χ4n) is 2.94. The normalized spacial score (nSPS) is 12.6. The number of rotatable bonds is 3. The van der Waals surface area contributed by atoms with Gasteiger partial charge in [0.05, 0.1) is 11.0 Å². The Kier molecular flexibility index (Phi) is 4.56. The standard InChI is InChI=1S/C20H15ClN2O2S/c1-12-10-14(23(24)25)7-9-19(12)26-20-15-4-2-3-5-17(15)22-18-11-13(21)6-8-16(18)20/h2-11,23-24H,1H3. The van der Waals surface area contributed by atoms with Crippen LogP contribution in [0.15, 0.2) is 70.5 Å².